The van der Waals surface area contributed by atoms with Crippen molar-refractivity contribution in [2.24, 2.45) is 5.92 Å². The minimum absolute atomic E-state index is 0.0225. The van der Waals surface area contributed by atoms with E-state index in [4.69, 9.17) is 9.47 Å². The topological polar surface area (TPSA) is 72.9 Å². The number of esters is 1. The van der Waals surface area contributed by atoms with Crippen LogP contribution < -0.4 is 0 Å². The Morgan fingerprint density at radius 3 is 2.32 bits per heavy atom. The highest BCUT2D eigenvalue weighted by atomic mass is 19.1. The summed E-state index contributed by atoms with van der Waals surface area (Å²) in [4.78, 5) is 38.6. The van der Waals surface area contributed by atoms with Crippen LogP contribution in [0.4, 0.5) is 13.6 Å². The molecule has 8 heteroatoms. The molecule has 1 amide bonds. The molecule has 3 atom stereocenters. The fourth-order valence-electron chi connectivity index (χ4n) is 3.96. The summed E-state index contributed by atoms with van der Waals surface area (Å²) in [5.74, 6) is -3.79. The van der Waals surface area contributed by atoms with Crippen molar-refractivity contribution in [3.05, 3.63) is 35.4 Å². The molecule has 1 aromatic carbocycles. The average molecular weight is 395 g/mol. The molecule has 2 aliphatic rings. The van der Waals surface area contributed by atoms with Crippen LogP contribution in [0, 0.1) is 17.6 Å². The summed E-state index contributed by atoms with van der Waals surface area (Å²) in [6, 6.07) is 2.08. The van der Waals surface area contributed by atoms with Gasteiger partial charge in [-0.15, -0.1) is 0 Å². The zero-order valence-electron chi connectivity index (χ0n) is 16.3. The third-order valence-electron chi connectivity index (χ3n) is 5.11. The van der Waals surface area contributed by atoms with E-state index in [9.17, 15) is 23.2 Å². The predicted octanol–water partition coefficient (Wildman–Crippen LogP) is 2.97. The van der Waals surface area contributed by atoms with Gasteiger partial charge in [0.25, 0.3) is 5.78 Å². The number of likely N-dealkylation sites (tertiary alicyclic amines) is 1. The number of nitrogens with zero attached hydrogens (tertiary/aromatic N) is 1. The van der Waals surface area contributed by atoms with Crippen molar-refractivity contribution in [3.8, 4) is 0 Å². The minimum Gasteiger partial charge on any atom is -0.460 e. The van der Waals surface area contributed by atoms with Gasteiger partial charge in [0.05, 0.1) is 6.61 Å². The van der Waals surface area contributed by atoms with Crippen molar-refractivity contribution in [1.82, 2.24) is 4.90 Å². The van der Waals surface area contributed by atoms with Crippen LogP contribution in [0.5, 0.6) is 0 Å². The highest BCUT2D eigenvalue weighted by molar-refractivity contribution is 6.36. The van der Waals surface area contributed by atoms with E-state index in [2.05, 4.69) is 0 Å². The van der Waals surface area contributed by atoms with E-state index >= 15 is 0 Å². The van der Waals surface area contributed by atoms with E-state index in [-0.39, 0.29) is 13.2 Å². The van der Waals surface area contributed by atoms with Gasteiger partial charge < -0.3 is 9.47 Å². The first-order valence-electron chi connectivity index (χ1n) is 9.15. The maximum absolute atomic E-state index is 13.7. The lowest BCUT2D eigenvalue weighted by molar-refractivity contribution is -0.155. The van der Waals surface area contributed by atoms with Gasteiger partial charge in [-0.2, -0.15) is 0 Å². The summed E-state index contributed by atoms with van der Waals surface area (Å²) < 4.78 is 37.7. The molecule has 2 fully saturated rings. The zero-order chi connectivity index (χ0) is 20.9. The van der Waals surface area contributed by atoms with Crippen LogP contribution in [0.2, 0.25) is 0 Å². The van der Waals surface area contributed by atoms with Gasteiger partial charge in [0, 0.05) is 18.0 Å². The van der Waals surface area contributed by atoms with E-state index in [0.29, 0.717) is 12.0 Å². The zero-order valence-corrected chi connectivity index (χ0v) is 16.3. The second-order valence-corrected chi connectivity index (χ2v) is 8.26. The number of carbonyl (C=O) groups is 3. The fourth-order valence-corrected chi connectivity index (χ4v) is 3.96. The Balaban J connectivity index is 1.95. The first kappa shape index (κ1) is 20.2. The number of carbonyl (C=O) groups excluding carboxylic acids is 3. The lowest BCUT2D eigenvalue weighted by atomic mass is 9.93. The third-order valence-corrected chi connectivity index (χ3v) is 5.11. The first-order valence-corrected chi connectivity index (χ1v) is 9.15. The van der Waals surface area contributed by atoms with Crippen molar-refractivity contribution in [3.63, 3.8) is 0 Å². The summed E-state index contributed by atoms with van der Waals surface area (Å²) in [6.07, 6.45) is -0.316. The quantitative estimate of drug-likeness (QED) is 0.579. The summed E-state index contributed by atoms with van der Waals surface area (Å²) >= 11 is 0. The molecule has 1 aliphatic carbocycles. The molecule has 1 saturated carbocycles. The molecule has 0 aromatic heterocycles. The molecule has 0 spiro atoms. The van der Waals surface area contributed by atoms with Gasteiger partial charge in [-0.05, 0) is 57.7 Å². The second-order valence-electron chi connectivity index (χ2n) is 8.26. The number of piperidine rings is 1. The molecule has 0 bridgehead atoms. The molecule has 1 heterocycles. The van der Waals surface area contributed by atoms with Gasteiger partial charge in [0.1, 0.15) is 23.3 Å². The molecular formula is C20H23F2NO5. The van der Waals surface area contributed by atoms with Gasteiger partial charge in [0.15, 0.2) is 0 Å². The lowest BCUT2D eigenvalue weighted by Crippen LogP contribution is -2.48. The second kappa shape index (κ2) is 6.83. The van der Waals surface area contributed by atoms with Crippen molar-refractivity contribution in [2.45, 2.75) is 51.2 Å². The predicted molar refractivity (Wildman–Crippen MR) is 94.5 cm³/mol. The molecule has 0 radical (unpaired) electrons. The van der Waals surface area contributed by atoms with Gasteiger partial charge in [-0.3, -0.25) is 9.69 Å². The maximum atomic E-state index is 13.7. The van der Waals surface area contributed by atoms with Crippen LogP contribution in [0.3, 0.4) is 0 Å². The number of benzene rings is 1. The fraction of sp³-hybridized carbons (Fsp3) is 0.550. The van der Waals surface area contributed by atoms with Crippen LogP contribution in [0.25, 0.3) is 0 Å². The van der Waals surface area contributed by atoms with Gasteiger partial charge in [0.2, 0.25) is 0 Å². The summed E-state index contributed by atoms with van der Waals surface area (Å²) in [5, 5.41) is 0. The smallest absolute Gasteiger partial charge is 0.410 e. The van der Waals surface area contributed by atoms with E-state index < -0.39 is 52.5 Å². The molecule has 1 unspecified atom stereocenters. The molecular weight excluding hydrogens is 372 g/mol. The van der Waals surface area contributed by atoms with Crippen LogP contribution in [0.15, 0.2) is 18.2 Å². The van der Waals surface area contributed by atoms with E-state index in [1.165, 1.54) is 17.0 Å². The number of fused-ring (bicyclic) bond motifs is 1. The van der Waals surface area contributed by atoms with Crippen LogP contribution >= 0.6 is 0 Å². The Morgan fingerprint density at radius 1 is 1.18 bits per heavy atom. The summed E-state index contributed by atoms with van der Waals surface area (Å²) in [7, 11) is 0. The van der Waals surface area contributed by atoms with Gasteiger partial charge in [-0.1, -0.05) is 0 Å². The van der Waals surface area contributed by atoms with Gasteiger partial charge >= 0.3 is 12.1 Å². The van der Waals surface area contributed by atoms with Crippen LogP contribution in [0.1, 0.15) is 39.7 Å². The Bertz CT molecular complexity index is 814. The Hall–Kier alpha value is -2.51. The maximum Gasteiger partial charge on any atom is 0.410 e. The Morgan fingerprint density at radius 2 is 1.79 bits per heavy atom. The van der Waals surface area contributed by atoms with Gasteiger partial charge in [-0.25, -0.2) is 18.4 Å². The molecule has 6 nitrogen and oxygen atoms in total. The van der Waals surface area contributed by atoms with E-state index in [1.54, 1.807) is 27.7 Å². The van der Waals surface area contributed by atoms with Crippen LogP contribution in [-0.2, 0) is 24.5 Å². The monoisotopic (exact) mass is 395 g/mol. The third kappa shape index (κ3) is 3.59. The largest absolute Gasteiger partial charge is 0.460 e. The number of hydrogen-bond donors (Lipinski definition) is 0. The molecule has 1 aliphatic heterocycles. The number of Topliss-reactive ketones (excluding diaryl/α,β-unsaturated/α-hetero) is 1. The Kier molecular flexibility index (Phi) is 4.93. The minimum atomic E-state index is -1.08. The number of hydrogen-bond acceptors (Lipinski definition) is 5. The van der Waals surface area contributed by atoms with Crippen LogP contribution in [-0.4, -0.2) is 47.5 Å². The number of ketones is 1. The van der Waals surface area contributed by atoms with E-state index in [0.717, 1.165) is 6.07 Å². The average Bonchev–Trinajstić information content (AvgIpc) is 3.18. The SMILES string of the molecule is CCOC(=O)C(=O)C1[C@@H]2C[C@]2(c2cc(F)cc(F)c2)CN1C(=O)OC(C)(C)C. The van der Waals surface area contributed by atoms with E-state index in [1.807, 2.05) is 0 Å². The van der Waals surface area contributed by atoms with Crippen molar-refractivity contribution < 1.29 is 32.6 Å². The molecule has 3 rings (SSSR count). The highest BCUT2D eigenvalue weighted by Crippen LogP contribution is 2.62. The number of amides is 1. The van der Waals surface area contributed by atoms with Crippen molar-refractivity contribution in [2.75, 3.05) is 13.2 Å². The normalized spacial score (nSPS) is 25.9. The number of halogens is 2. The summed E-state index contributed by atoms with van der Waals surface area (Å²) in [5.41, 5.74) is -1.23. The number of ether oxygens (including phenoxy) is 2. The molecule has 1 saturated heterocycles. The molecule has 1 aromatic rings. The van der Waals surface area contributed by atoms with Crippen molar-refractivity contribution >= 4 is 17.8 Å². The number of rotatable bonds is 4. The molecule has 28 heavy (non-hydrogen) atoms. The summed E-state index contributed by atoms with van der Waals surface area (Å²) in [6.45, 7) is 6.67. The highest BCUT2D eigenvalue weighted by Gasteiger charge is 2.69. The standard InChI is InChI=1S/C20H23F2NO5/c1-5-27-17(25)16(24)15-14-9-20(14,11-6-12(21)8-13(22)7-11)10-23(15)18(26)28-19(2,3)4/h6-8,14-15H,5,9-10H2,1-4H3/t14-,15?,20+/m0/s1. The molecule has 152 valence electrons. The lowest BCUT2D eigenvalue weighted by Gasteiger charge is -2.29. The molecule has 0 N–H and O–H groups in total. The van der Waals surface area contributed by atoms with Crippen molar-refractivity contribution in [1.29, 1.82) is 0 Å². The Labute approximate surface area is 161 Å². The first-order chi connectivity index (χ1) is 13.0.